The number of hydrogen-bond donors (Lipinski definition) is 0. The number of aliphatic imine (C=N–C) groups is 1. The molecule has 0 saturated carbocycles. The first kappa shape index (κ1) is 19.8. The lowest BCUT2D eigenvalue weighted by Crippen LogP contribution is -2.47. The van der Waals surface area contributed by atoms with Gasteiger partial charge >= 0.3 is 0 Å². The van der Waals surface area contributed by atoms with E-state index in [1.807, 2.05) is 80.1 Å². The summed E-state index contributed by atoms with van der Waals surface area (Å²) in [6, 6.07) is 8.98. The summed E-state index contributed by atoms with van der Waals surface area (Å²) >= 11 is 5.48. The topological polar surface area (TPSA) is 36.6 Å². The lowest BCUT2D eigenvalue weighted by molar-refractivity contribution is -0.691. The lowest BCUT2D eigenvalue weighted by Gasteiger charge is -2.19. The Balaban J connectivity index is 2.47. The van der Waals surface area contributed by atoms with E-state index in [2.05, 4.69) is 11.6 Å². The smallest absolute Gasteiger partial charge is 0.237 e. The molecule has 5 heteroatoms. The molecule has 0 unspecified atom stereocenters. The van der Waals surface area contributed by atoms with Crippen LogP contribution in [0, 0.1) is 13.8 Å². The highest BCUT2D eigenvalue weighted by Crippen LogP contribution is 2.16. The largest absolute Gasteiger partial charge is 0.758 e. The minimum atomic E-state index is -0.650. The van der Waals surface area contributed by atoms with Crippen molar-refractivity contribution in [1.29, 1.82) is 0 Å². The molecule has 1 heterocycles. The standard InChI is InChI=1S/C21H25N3OS/c1-6-11-22-21(26)19(24-12-9-18(10-13-24)23(4)5)20(25)17-8-7-15(2)16(3)14-17/h6-10,12-14,19H,1,11H2,2-5H3/t19-/m0/s1. The van der Waals surface area contributed by atoms with Crippen molar-refractivity contribution in [1.82, 2.24) is 0 Å². The molecule has 2 aromatic rings. The number of rotatable bonds is 7. The number of pyridine rings is 1. The Labute approximate surface area is 161 Å². The summed E-state index contributed by atoms with van der Waals surface area (Å²) in [6.45, 7) is 8.09. The van der Waals surface area contributed by atoms with Crippen LogP contribution in [-0.4, -0.2) is 31.5 Å². The highest BCUT2D eigenvalue weighted by molar-refractivity contribution is 7.77. The molecule has 0 aliphatic rings. The van der Waals surface area contributed by atoms with E-state index in [0.29, 0.717) is 17.2 Å². The highest BCUT2D eigenvalue weighted by Gasteiger charge is 2.28. The van der Waals surface area contributed by atoms with Gasteiger partial charge in [0.2, 0.25) is 11.8 Å². The summed E-state index contributed by atoms with van der Waals surface area (Å²) < 4.78 is 1.82. The Bertz CT molecular complexity index is 826. The molecule has 0 bridgehead atoms. The molecule has 0 radical (unpaired) electrons. The maximum absolute atomic E-state index is 13.2. The summed E-state index contributed by atoms with van der Waals surface area (Å²) in [5.74, 6) is -0.0616. The quantitative estimate of drug-likeness (QED) is 0.188. The first-order valence-corrected chi connectivity index (χ1v) is 8.87. The number of hydrogen-bond acceptors (Lipinski definition) is 4. The zero-order chi connectivity index (χ0) is 19.3. The molecule has 1 aromatic carbocycles. The number of nitrogens with zero attached hydrogens (tertiary/aromatic N) is 3. The van der Waals surface area contributed by atoms with E-state index in [0.717, 1.165) is 16.8 Å². The van der Waals surface area contributed by atoms with Crippen molar-refractivity contribution in [3.8, 4) is 0 Å². The van der Waals surface area contributed by atoms with Gasteiger partial charge in [0.25, 0.3) is 0 Å². The molecule has 4 nitrogen and oxygen atoms in total. The van der Waals surface area contributed by atoms with Crippen LogP contribution >= 0.6 is 0 Å². The highest BCUT2D eigenvalue weighted by atomic mass is 32.1. The molecular weight excluding hydrogens is 342 g/mol. The molecule has 2 rings (SSSR count). The van der Waals surface area contributed by atoms with Gasteiger partial charge in [-0.25, -0.2) is 0 Å². The molecule has 0 saturated heterocycles. The predicted octanol–water partition coefficient (Wildman–Crippen LogP) is 3.21. The van der Waals surface area contributed by atoms with E-state index in [1.165, 1.54) is 0 Å². The van der Waals surface area contributed by atoms with Gasteiger partial charge < -0.3 is 22.5 Å². The maximum atomic E-state index is 13.2. The number of benzene rings is 1. The summed E-state index contributed by atoms with van der Waals surface area (Å²) in [7, 11) is 3.95. The van der Waals surface area contributed by atoms with Crippen LogP contribution in [-0.2, 0) is 12.6 Å². The summed E-state index contributed by atoms with van der Waals surface area (Å²) in [5.41, 5.74) is 3.92. The van der Waals surface area contributed by atoms with Gasteiger partial charge in [-0.1, -0.05) is 18.2 Å². The summed E-state index contributed by atoms with van der Waals surface area (Å²) in [6.07, 6.45) is 5.41. The number of ketones is 1. The van der Waals surface area contributed by atoms with Crippen LogP contribution in [0.5, 0.6) is 0 Å². The molecular formula is C21H25N3OS. The van der Waals surface area contributed by atoms with Crippen LogP contribution in [0.25, 0.3) is 0 Å². The number of aromatic nitrogens is 1. The van der Waals surface area contributed by atoms with Gasteiger partial charge in [0.15, 0.2) is 12.4 Å². The summed E-state index contributed by atoms with van der Waals surface area (Å²) in [4.78, 5) is 19.6. The second kappa shape index (κ2) is 8.72. The zero-order valence-corrected chi connectivity index (χ0v) is 16.6. The number of carbonyl (C=O) groups excluding carboxylic acids is 1. The number of carbonyl (C=O) groups is 1. The van der Waals surface area contributed by atoms with Crippen molar-refractivity contribution in [2.45, 2.75) is 19.9 Å². The van der Waals surface area contributed by atoms with Gasteiger partial charge in [-0.05, 0) is 36.1 Å². The van der Waals surface area contributed by atoms with E-state index in [-0.39, 0.29) is 5.78 Å². The second-order valence-corrected chi connectivity index (χ2v) is 6.85. The Hall–Kier alpha value is -2.53. The van der Waals surface area contributed by atoms with Gasteiger partial charge in [0, 0.05) is 37.5 Å². The molecule has 0 aliphatic carbocycles. The van der Waals surface area contributed by atoms with Crippen LogP contribution in [0.3, 0.4) is 0 Å². The van der Waals surface area contributed by atoms with Gasteiger partial charge in [-0.2, -0.15) is 4.57 Å². The molecule has 0 N–H and O–H groups in total. The summed E-state index contributed by atoms with van der Waals surface area (Å²) in [5, 5.41) is 0.357. The van der Waals surface area contributed by atoms with Gasteiger partial charge in [0.05, 0.1) is 6.54 Å². The lowest BCUT2D eigenvalue weighted by atomic mass is 9.99. The average molecular weight is 368 g/mol. The van der Waals surface area contributed by atoms with Crippen LogP contribution in [0.15, 0.2) is 60.4 Å². The van der Waals surface area contributed by atoms with Gasteiger partial charge in [-0.15, -0.1) is 6.58 Å². The minimum Gasteiger partial charge on any atom is -0.758 e. The monoisotopic (exact) mass is 367 g/mol. The van der Waals surface area contributed by atoms with E-state index in [9.17, 15) is 4.79 Å². The van der Waals surface area contributed by atoms with Crippen molar-refractivity contribution in [3.05, 3.63) is 72.1 Å². The Morgan fingerprint density at radius 1 is 1.23 bits per heavy atom. The van der Waals surface area contributed by atoms with E-state index < -0.39 is 6.04 Å². The molecule has 0 amide bonds. The fraction of sp³-hybridized carbons (Fsp3) is 0.286. The van der Waals surface area contributed by atoms with Crippen molar-refractivity contribution in [3.63, 3.8) is 0 Å². The Kier molecular flexibility index (Phi) is 6.64. The van der Waals surface area contributed by atoms with Gasteiger partial charge in [0.1, 0.15) is 0 Å². The molecule has 0 aliphatic heterocycles. The van der Waals surface area contributed by atoms with E-state index in [4.69, 9.17) is 12.6 Å². The fourth-order valence-corrected chi connectivity index (χ4v) is 2.87. The van der Waals surface area contributed by atoms with Crippen LogP contribution in [0.1, 0.15) is 27.5 Å². The predicted molar refractivity (Wildman–Crippen MR) is 110 cm³/mol. The number of anilines is 1. The number of Topliss-reactive ketones (excluding diaryl/α,β-unsaturated/α-hetero) is 1. The molecule has 0 fully saturated rings. The first-order valence-electron chi connectivity index (χ1n) is 8.47. The Morgan fingerprint density at radius 2 is 1.88 bits per heavy atom. The number of aryl methyl sites for hydroxylation is 2. The molecule has 136 valence electrons. The minimum absolute atomic E-state index is 0.0616. The van der Waals surface area contributed by atoms with E-state index >= 15 is 0 Å². The third-order valence-electron chi connectivity index (χ3n) is 4.30. The van der Waals surface area contributed by atoms with Crippen molar-refractivity contribution < 1.29 is 9.36 Å². The van der Waals surface area contributed by atoms with Crippen LogP contribution in [0.4, 0.5) is 5.69 Å². The average Bonchev–Trinajstić information content (AvgIpc) is 2.62. The normalized spacial score (nSPS) is 12.5. The molecule has 1 aromatic heterocycles. The second-order valence-electron chi connectivity index (χ2n) is 6.43. The van der Waals surface area contributed by atoms with Crippen molar-refractivity contribution in [2.24, 2.45) is 4.99 Å². The fourth-order valence-electron chi connectivity index (χ4n) is 2.57. The SMILES string of the molecule is C=CCN=C([S-])[C@H](C(=O)c1ccc(C)c(C)c1)[n+]1ccc(N(C)C)cc1. The van der Waals surface area contributed by atoms with E-state index in [1.54, 1.807) is 6.08 Å². The van der Waals surface area contributed by atoms with Crippen LogP contribution < -0.4 is 9.47 Å². The van der Waals surface area contributed by atoms with Gasteiger partial charge in [-0.3, -0.25) is 4.79 Å². The maximum Gasteiger partial charge on any atom is 0.237 e. The first-order chi connectivity index (χ1) is 12.3. The molecule has 1 atom stereocenters. The zero-order valence-electron chi connectivity index (χ0n) is 15.8. The third kappa shape index (κ3) is 4.55. The Morgan fingerprint density at radius 3 is 2.42 bits per heavy atom. The molecule has 26 heavy (non-hydrogen) atoms. The third-order valence-corrected chi connectivity index (χ3v) is 4.65. The van der Waals surface area contributed by atoms with Crippen molar-refractivity contribution >= 4 is 29.1 Å². The molecule has 0 spiro atoms. The van der Waals surface area contributed by atoms with Crippen molar-refractivity contribution in [2.75, 3.05) is 25.5 Å². The van der Waals surface area contributed by atoms with Crippen LogP contribution in [0.2, 0.25) is 0 Å².